The van der Waals surface area contributed by atoms with E-state index in [1.807, 2.05) is 13.8 Å². The number of carbonyl (C=O) groups excluding carboxylic acids is 1. The van der Waals surface area contributed by atoms with E-state index in [1.165, 1.54) is 7.11 Å². The second kappa shape index (κ2) is 5.57. The molecule has 1 unspecified atom stereocenters. The van der Waals surface area contributed by atoms with Gasteiger partial charge in [0.05, 0.1) is 18.4 Å². The number of para-hydroxylation sites is 1. The van der Waals surface area contributed by atoms with Crippen molar-refractivity contribution in [1.82, 2.24) is 4.90 Å². The number of rotatable bonds is 4. The lowest BCUT2D eigenvalue weighted by Gasteiger charge is -2.24. The minimum Gasteiger partial charge on any atom is -0.494 e. The maximum absolute atomic E-state index is 12.3. The Labute approximate surface area is 102 Å². The number of nitrogens with two attached hydrogens (primary N) is 1. The number of benzene rings is 1. The lowest BCUT2D eigenvalue weighted by atomic mass is 10.1. The van der Waals surface area contributed by atoms with Crippen molar-refractivity contribution in [3.63, 3.8) is 0 Å². The van der Waals surface area contributed by atoms with Gasteiger partial charge in [-0.3, -0.25) is 4.79 Å². The summed E-state index contributed by atoms with van der Waals surface area (Å²) in [5, 5.41) is 0. The van der Waals surface area contributed by atoms with Crippen LogP contribution in [0.15, 0.2) is 18.2 Å². The molecular formula is C13H20N2O2. The third kappa shape index (κ3) is 2.70. The van der Waals surface area contributed by atoms with Gasteiger partial charge in [-0.1, -0.05) is 13.0 Å². The zero-order valence-corrected chi connectivity index (χ0v) is 10.9. The maximum atomic E-state index is 12.3. The zero-order valence-electron chi connectivity index (χ0n) is 10.9. The number of carbonyl (C=O) groups is 1. The van der Waals surface area contributed by atoms with E-state index < -0.39 is 0 Å². The van der Waals surface area contributed by atoms with Gasteiger partial charge in [0.25, 0.3) is 5.91 Å². The van der Waals surface area contributed by atoms with Crippen molar-refractivity contribution in [2.75, 3.05) is 19.9 Å². The third-order valence-electron chi connectivity index (χ3n) is 3.05. The summed E-state index contributed by atoms with van der Waals surface area (Å²) < 4.78 is 5.19. The normalized spacial score (nSPS) is 12.0. The van der Waals surface area contributed by atoms with E-state index in [9.17, 15) is 4.79 Å². The predicted octanol–water partition coefficient (Wildman–Crippen LogP) is 2.15. The van der Waals surface area contributed by atoms with Crippen LogP contribution in [0, 0.1) is 0 Å². The molecule has 0 spiro atoms. The van der Waals surface area contributed by atoms with Crippen molar-refractivity contribution in [2.24, 2.45) is 0 Å². The smallest absolute Gasteiger partial charge is 0.257 e. The molecule has 0 aromatic heterocycles. The maximum Gasteiger partial charge on any atom is 0.257 e. The summed E-state index contributed by atoms with van der Waals surface area (Å²) in [6.07, 6.45) is 0.910. The van der Waals surface area contributed by atoms with Gasteiger partial charge in [0.2, 0.25) is 0 Å². The van der Waals surface area contributed by atoms with Crippen LogP contribution in [0.5, 0.6) is 5.75 Å². The Kier molecular flexibility index (Phi) is 4.37. The minimum atomic E-state index is -0.0662. The Morgan fingerprint density at radius 2 is 2.18 bits per heavy atom. The van der Waals surface area contributed by atoms with Crippen molar-refractivity contribution in [2.45, 2.75) is 26.3 Å². The minimum absolute atomic E-state index is 0.0662. The van der Waals surface area contributed by atoms with Crippen LogP contribution in [-0.2, 0) is 0 Å². The lowest BCUT2D eigenvalue weighted by Crippen LogP contribution is -2.34. The number of amides is 1. The van der Waals surface area contributed by atoms with Crippen LogP contribution in [0.2, 0.25) is 0 Å². The highest BCUT2D eigenvalue weighted by Crippen LogP contribution is 2.27. The second-order valence-electron chi connectivity index (χ2n) is 4.10. The molecule has 1 aromatic rings. The molecule has 0 heterocycles. The molecular weight excluding hydrogens is 216 g/mol. The van der Waals surface area contributed by atoms with Gasteiger partial charge in [0.1, 0.15) is 0 Å². The lowest BCUT2D eigenvalue weighted by molar-refractivity contribution is 0.0737. The highest BCUT2D eigenvalue weighted by atomic mass is 16.5. The van der Waals surface area contributed by atoms with E-state index in [0.29, 0.717) is 17.0 Å². The standard InChI is InChI=1S/C13H20N2O2/c1-5-9(2)15(3)13(16)10-7-6-8-11(14)12(10)17-4/h6-9H,5,14H2,1-4H3. The fourth-order valence-corrected chi connectivity index (χ4v) is 1.62. The first-order valence-corrected chi connectivity index (χ1v) is 5.72. The van der Waals surface area contributed by atoms with Crippen LogP contribution in [0.3, 0.4) is 0 Å². The van der Waals surface area contributed by atoms with E-state index >= 15 is 0 Å². The van der Waals surface area contributed by atoms with Gasteiger partial charge in [-0.05, 0) is 25.5 Å². The molecule has 0 saturated heterocycles. The Hall–Kier alpha value is -1.71. The number of methoxy groups -OCH3 is 1. The van der Waals surface area contributed by atoms with E-state index in [0.717, 1.165) is 6.42 Å². The Bertz CT molecular complexity index is 404. The summed E-state index contributed by atoms with van der Waals surface area (Å²) in [7, 11) is 3.31. The first-order valence-electron chi connectivity index (χ1n) is 5.72. The zero-order chi connectivity index (χ0) is 13.0. The molecule has 0 fully saturated rings. The van der Waals surface area contributed by atoms with Crippen LogP contribution < -0.4 is 10.5 Å². The first-order chi connectivity index (χ1) is 8.02. The van der Waals surface area contributed by atoms with Crippen LogP contribution >= 0.6 is 0 Å². The summed E-state index contributed by atoms with van der Waals surface area (Å²) in [5.41, 5.74) is 6.77. The van der Waals surface area contributed by atoms with Gasteiger partial charge >= 0.3 is 0 Å². The van der Waals surface area contributed by atoms with Crippen molar-refractivity contribution >= 4 is 11.6 Å². The Balaban J connectivity index is 3.08. The van der Waals surface area contributed by atoms with Crippen LogP contribution in [-0.4, -0.2) is 31.0 Å². The quantitative estimate of drug-likeness (QED) is 0.815. The molecule has 1 amide bonds. The monoisotopic (exact) mass is 236 g/mol. The molecule has 0 bridgehead atoms. The molecule has 17 heavy (non-hydrogen) atoms. The fraction of sp³-hybridized carbons (Fsp3) is 0.462. The number of ether oxygens (including phenoxy) is 1. The Morgan fingerprint density at radius 1 is 1.53 bits per heavy atom. The summed E-state index contributed by atoms with van der Waals surface area (Å²) in [5.74, 6) is 0.385. The van der Waals surface area contributed by atoms with E-state index in [4.69, 9.17) is 10.5 Å². The van der Waals surface area contributed by atoms with E-state index in [-0.39, 0.29) is 11.9 Å². The van der Waals surface area contributed by atoms with Crippen molar-refractivity contribution in [3.8, 4) is 5.75 Å². The van der Waals surface area contributed by atoms with Crippen molar-refractivity contribution in [3.05, 3.63) is 23.8 Å². The van der Waals surface area contributed by atoms with Gasteiger partial charge in [-0.15, -0.1) is 0 Å². The molecule has 0 radical (unpaired) electrons. The second-order valence-corrected chi connectivity index (χ2v) is 4.10. The highest BCUT2D eigenvalue weighted by molar-refractivity contribution is 5.98. The molecule has 0 aliphatic rings. The molecule has 1 atom stereocenters. The molecule has 4 heteroatoms. The van der Waals surface area contributed by atoms with Crippen LogP contribution in [0.1, 0.15) is 30.6 Å². The molecule has 0 aliphatic carbocycles. The summed E-state index contributed by atoms with van der Waals surface area (Å²) in [4.78, 5) is 14.0. The number of hydrogen-bond acceptors (Lipinski definition) is 3. The van der Waals surface area contributed by atoms with E-state index in [1.54, 1.807) is 30.1 Å². The third-order valence-corrected chi connectivity index (χ3v) is 3.05. The summed E-state index contributed by atoms with van der Waals surface area (Å²) in [6.45, 7) is 4.06. The molecule has 0 saturated carbocycles. The molecule has 0 aliphatic heterocycles. The average molecular weight is 236 g/mol. The number of hydrogen-bond donors (Lipinski definition) is 1. The summed E-state index contributed by atoms with van der Waals surface area (Å²) in [6, 6.07) is 5.40. The topological polar surface area (TPSA) is 55.6 Å². The van der Waals surface area contributed by atoms with Gasteiger partial charge in [0, 0.05) is 13.1 Å². The van der Waals surface area contributed by atoms with Gasteiger partial charge in [-0.25, -0.2) is 0 Å². The van der Waals surface area contributed by atoms with Crippen molar-refractivity contribution in [1.29, 1.82) is 0 Å². The van der Waals surface area contributed by atoms with Gasteiger partial charge in [0.15, 0.2) is 5.75 Å². The number of nitrogen functional groups attached to an aromatic ring is 1. The molecule has 2 N–H and O–H groups in total. The Morgan fingerprint density at radius 3 is 2.71 bits per heavy atom. The average Bonchev–Trinajstić information content (AvgIpc) is 2.35. The van der Waals surface area contributed by atoms with Gasteiger partial charge < -0.3 is 15.4 Å². The fourth-order valence-electron chi connectivity index (χ4n) is 1.62. The van der Waals surface area contributed by atoms with E-state index in [2.05, 4.69) is 0 Å². The molecule has 1 rings (SSSR count). The predicted molar refractivity (Wildman–Crippen MR) is 69.3 cm³/mol. The number of nitrogens with zero attached hydrogens (tertiary/aromatic N) is 1. The SMILES string of the molecule is CCC(C)N(C)C(=O)c1cccc(N)c1OC. The highest BCUT2D eigenvalue weighted by Gasteiger charge is 2.20. The molecule has 94 valence electrons. The molecule has 1 aromatic carbocycles. The van der Waals surface area contributed by atoms with Gasteiger partial charge in [-0.2, -0.15) is 0 Å². The van der Waals surface area contributed by atoms with Crippen molar-refractivity contribution < 1.29 is 9.53 Å². The van der Waals surface area contributed by atoms with Crippen LogP contribution in [0.4, 0.5) is 5.69 Å². The first kappa shape index (κ1) is 13.4. The largest absolute Gasteiger partial charge is 0.494 e. The number of anilines is 1. The summed E-state index contributed by atoms with van der Waals surface area (Å²) >= 11 is 0. The molecule has 4 nitrogen and oxygen atoms in total. The van der Waals surface area contributed by atoms with Crippen LogP contribution in [0.25, 0.3) is 0 Å².